The first-order valence-electron chi connectivity index (χ1n) is 9.48. The number of furan rings is 1. The van der Waals surface area contributed by atoms with Gasteiger partial charge < -0.3 is 19.6 Å². The summed E-state index contributed by atoms with van der Waals surface area (Å²) in [5.74, 6) is -0.574. The molecule has 0 spiro atoms. The molecule has 0 saturated heterocycles. The number of hydrogen-bond acceptors (Lipinski definition) is 7. The highest BCUT2D eigenvalue weighted by Gasteiger charge is 2.43. The van der Waals surface area contributed by atoms with Crippen molar-refractivity contribution < 1.29 is 23.5 Å². The Morgan fingerprint density at radius 2 is 2.07 bits per heavy atom. The fourth-order valence-electron chi connectivity index (χ4n) is 3.93. The zero-order valence-electron chi connectivity index (χ0n) is 16.6. The van der Waals surface area contributed by atoms with E-state index < -0.39 is 11.9 Å². The number of rotatable bonds is 3. The monoisotopic (exact) mass is 404 g/mol. The summed E-state index contributed by atoms with van der Waals surface area (Å²) >= 11 is 0. The van der Waals surface area contributed by atoms with Crippen molar-refractivity contribution in [2.45, 2.75) is 32.6 Å². The van der Waals surface area contributed by atoms with Gasteiger partial charge in [-0.1, -0.05) is 26.0 Å². The lowest BCUT2D eigenvalue weighted by molar-refractivity contribution is -0.119. The van der Waals surface area contributed by atoms with Crippen molar-refractivity contribution in [1.82, 2.24) is 0 Å². The topological polar surface area (TPSA) is 116 Å². The highest BCUT2D eigenvalue weighted by molar-refractivity contribution is 6.00. The average molecular weight is 404 g/mol. The first-order valence-corrected chi connectivity index (χ1v) is 9.48. The number of allylic oxidation sites excluding steroid dienone is 3. The summed E-state index contributed by atoms with van der Waals surface area (Å²) in [5, 5.41) is 9.71. The third kappa shape index (κ3) is 3.48. The molecule has 2 aromatic rings. The SMILES string of the molecule is CC1(C)CC(=O)C2=C(C1)OC(N)=C(C#N)[C@@H]2c1cccc(OC(=O)c2ccco2)c1. The molecule has 1 aromatic heterocycles. The molecule has 1 aliphatic carbocycles. The van der Waals surface area contributed by atoms with Crippen LogP contribution >= 0.6 is 0 Å². The van der Waals surface area contributed by atoms with Gasteiger partial charge in [0.15, 0.2) is 5.78 Å². The largest absolute Gasteiger partial charge is 0.457 e. The molecule has 0 unspecified atom stereocenters. The van der Waals surface area contributed by atoms with Crippen molar-refractivity contribution in [3.05, 3.63) is 76.8 Å². The second-order valence-corrected chi connectivity index (χ2v) is 8.14. The molecule has 2 N–H and O–H groups in total. The molecule has 7 heteroatoms. The number of ketones is 1. The zero-order valence-corrected chi connectivity index (χ0v) is 16.6. The van der Waals surface area contributed by atoms with Crippen LogP contribution in [0.1, 0.15) is 48.7 Å². The van der Waals surface area contributed by atoms with Crippen molar-refractivity contribution >= 4 is 11.8 Å². The lowest BCUT2D eigenvalue weighted by Crippen LogP contribution is -2.33. The summed E-state index contributed by atoms with van der Waals surface area (Å²) in [6, 6.07) is 11.9. The number of carbonyl (C=O) groups is 2. The molecule has 4 rings (SSSR count). The highest BCUT2D eigenvalue weighted by Crippen LogP contribution is 2.48. The van der Waals surface area contributed by atoms with Crippen LogP contribution in [0.4, 0.5) is 0 Å². The van der Waals surface area contributed by atoms with E-state index in [2.05, 4.69) is 6.07 Å². The molecule has 0 bridgehead atoms. The molecule has 30 heavy (non-hydrogen) atoms. The summed E-state index contributed by atoms with van der Waals surface area (Å²) < 4.78 is 16.1. The van der Waals surface area contributed by atoms with Crippen molar-refractivity contribution in [2.24, 2.45) is 11.1 Å². The maximum atomic E-state index is 13.0. The molecule has 152 valence electrons. The Hall–Kier alpha value is -3.79. The molecule has 0 saturated carbocycles. The van der Waals surface area contributed by atoms with Crippen LogP contribution in [0.3, 0.4) is 0 Å². The fourth-order valence-corrected chi connectivity index (χ4v) is 3.93. The lowest BCUT2D eigenvalue weighted by atomic mass is 9.70. The summed E-state index contributed by atoms with van der Waals surface area (Å²) in [6.45, 7) is 3.98. The van der Waals surface area contributed by atoms with Crippen LogP contribution in [0.5, 0.6) is 5.75 Å². The van der Waals surface area contributed by atoms with Gasteiger partial charge in [0.2, 0.25) is 11.6 Å². The molecule has 7 nitrogen and oxygen atoms in total. The van der Waals surface area contributed by atoms with Crippen molar-refractivity contribution in [2.75, 3.05) is 0 Å². The third-order valence-corrected chi connectivity index (χ3v) is 5.20. The Morgan fingerprint density at radius 3 is 2.77 bits per heavy atom. The Kier molecular flexibility index (Phi) is 4.70. The Morgan fingerprint density at radius 1 is 1.27 bits per heavy atom. The van der Waals surface area contributed by atoms with Gasteiger partial charge in [-0.25, -0.2) is 4.79 Å². The Labute approximate surface area is 173 Å². The fraction of sp³-hybridized carbons (Fsp3) is 0.261. The standard InChI is InChI=1S/C23H20N2O5/c1-23(2)10-16(26)20-18(11-23)30-21(25)15(12-24)19(20)13-5-3-6-14(9-13)29-22(27)17-7-4-8-28-17/h3-9,19H,10-11,25H2,1-2H3/t19-/m0/s1. The molecule has 0 amide bonds. The van der Waals surface area contributed by atoms with Gasteiger partial charge in [-0.05, 0) is 35.2 Å². The molecular weight excluding hydrogens is 384 g/mol. The second kappa shape index (κ2) is 7.23. The zero-order chi connectivity index (χ0) is 21.5. The lowest BCUT2D eigenvalue weighted by Gasteiger charge is -2.37. The van der Waals surface area contributed by atoms with Gasteiger partial charge in [-0.2, -0.15) is 5.26 Å². The number of carbonyl (C=O) groups excluding carboxylic acids is 2. The minimum Gasteiger partial charge on any atom is -0.457 e. The van der Waals surface area contributed by atoms with Gasteiger partial charge in [0, 0.05) is 18.4 Å². The van der Waals surface area contributed by atoms with Crippen LogP contribution in [-0.4, -0.2) is 11.8 Å². The molecular formula is C23H20N2O5. The highest BCUT2D eigenvalue weighted by atomic mass is 16.5. The van der Waals surface area contributed by atoms with E-state index in [-0.39, 0.29) is 34.2 Å². The van der Waals surface area contributed by atoms with E-state index in [1.54, 1.807) is 30.3 Å². The van der Waals surface area contributed by atoms with Gasteiger partial charge >= 0.3 is 5.97 Å². The minimum atomic E-state index is -0.676. The van der Waals surface area contributed by atoms with Crippen molar-refractivity contribution in [1.29, 1.82) is 5.26 Å². The molecule has 1 aromatic carbocycles. The van der Waals surface area contributed by atoms with Crippen LogP contribution < -0.4 is 10.5 Å². The smallest absolute Gasteiger partial charge is 0.379 e. The van der Waals surface area contributed by atoms with Crippen LogP contribution in [0.25, 0.3) is 0 Å². The van der Waals surface area contributed by atoms with E-state index in [1.165, 1.54) is 12.3 Å². The van der Waals surface area contributed by atoms with E-state index in [1.807, 2.05) is 13.8 Å². The van der Waals surface area contributed by atoms with Crippen LogP contribution in [0, 0.1) is 16.7 Å². The first-order chi connectivity index (χ1) is 14.3. The van der Waals surface area contributed by atoms with Crippen molar-refractivity contribution in [3.63, 3.8) is 0 Å². The number of nitriles is 1. The van der Waals surface area contributed by atoms with Gasteiger partial charge in [-0.3, -0.25) is 4.79 Å². The molecule has 1 atom stereocenters. The normalized spacial score (nSPS) is 20.3. The summed E-state index contributed by atoms with van der Waals surface area (Å²) in [7, 11) is 0. The number of ether oxygens (including phenoxy) is 2. The Balaban J connectivity index is 1.74. The van der Waals surface area contributed by atoms with Crippen molar-refractivity contribution in [3.8, 4) is 11.8 Å². The predicted molar refractivity (Wildman–Crippen MR) is 106 cm³/mol. The molecule has 1 aliphatic heterocycles. The van der Waals surface area contributed by atoms with Gasteiger partial charge in [0.05, 0.1) is 12.2 Å². The third-order valence-electron chi connectivity index (χ3n) is 5.20. The van der Waals surface area contributed by atoms with Crippen LogP contribution in [0.15, 0.2) is 69.9 Å². The average Bonchev–Trinajstić information content (AvgIpc) is 3.21. The van der Waals surface area contributed by atoms with E-state index in [0.717, 1.165) is 0 Å². The summed E-state index contributed by atoms with van der Waals surface area (Å²) in [4.78, 5) is 25.2. The summed E-state index contributed by atoms with van der Waals surface area (Å²) in [5.41, 5.74) is 6.99. The maximum absolute atomic E-state index is 13.0. The van der Waals surface area contributed by atoms with Gasteiger partial charge in [0.25, 0.3) is 0 Å². The van der Waals surface area contributed by atoms with E-state index in [0.29, 0.717) is 29.7 Å². The first kappa shape index (κ1) is 19.5. The quantitative estimate of drug-likeness (QED) is 0.608. The predicted octanol–water partition coefficient (Wildman–Crippen LogP) is 3.95. The van der Waals surface area contributed by atoms with Gasteiger partial charge in [0.1, 0.15) is 23.2 Å². The van der Waals surface area contributed by atoms with Crippen LogP contribution in [-0.2, 0) is 9.53 Å². The molecule has 2 heterocycles. The number of Topliss-reactive ketones (excluding diaryl/α,β-unsaturated/α-hetero) is 1. The number of benzene rings is 1. The molecule has 0 radical (unpaired) electrons. The number of nitrogens with zero attached hydrogens (tertiary/aromatic N) is 1. The van der Waals surface area contributed by atoms with Gasteiger partial charge in [-0.15, -0.1) is 0 Å². The Bertz CT molecular complexity index is 1130. The number of nitrogens with two attached hydrogens (primary N) is 1. The second-order valence-electron chi connectivity index (χ2n) is 8.14. The van der Waals surface area contributed by atoms with E-state index in [9.17, 15) is 14.9 Å². The van der Waals surface area contributed by atoms with E-state index in [4.69, 9.17) is 19.6 Å². The van der Waals surface area contributed by atoms with Crippen LogP contribution in [0.2, 0.25) is 0 Å². The number of hydrogen-bond donors (Lipinski definition) is 1. The molecule has 0 fully saturated rings. The minimum absolute atomic E-state index is 0.00951. The van der Waals surface area contributed by atoms with E-state index >= 15 is 0 Å². The molecule has 2 aliphatic rings. The maximum Gasteiger partial charge on any atom is 0.379 e. The number of esters is 1. The summed E-state index contributed by atoms with van der Waals surface area (Å²) in [6.07, 6.45) is 2.26.